The molecule has 0 spiro atoms. The monoisotopic (exact) mass is 314 g/mol. The molecule has 0 bridgehead atoms. The van der Waals surface area contributed by atoms with Crippen LogP contribution in [0.15, 0.2) is 0 Å². The van der Waals surface area contributed by atoms with Crippen molar-refractivity contribution in [3.8, 4) is 0 Å². The molecule has 0 heterocycles. The summed E-state index contributed by atoms with van der Waals surface area (Å²) < 4.78 is 5.00. The van der Waals surface area contributed by atoms with Crippen LogP contribution in [-0.4, -0.2) is 23.1 Å². The Labute approximate surface area is 135 Å². The molecule has 0 saturated heterocycles. The Hall–Kier alpha value is -1.06. The van der Waals surface area contributed by atoms with Crippen molar-refractivity contribution in [2.75, 3.05) is 0 Å². The zero-order valence-corrected chi connectivity index (χ0v) is 14.4. The summed E-state index contributed by atoms with van der Waals surface area (Å²) in [5.41, 5.74) is 0. The van der Waals surface area contributed by atoms with Crippen LogP contribution in [-0.2, 0) is 14.3 Å². The number of carbonyl (C=O) groups is 2. The summed E-state index contributed by atoms with van der Waals surface area (Å²) in [6.45, 7) is 4.10. The number of hydrogen-bond donors (Lipinski definition) is 1. The summed E-state index contributed by atoms with van der Waals surface area (Å²) in [6.07, 6.45) is 12.5. The first kappa shape index (κ1) is 20.9. The highest BCUT2D eigenvalue weighted by atomic mass is 16.6. The summed E-state index contributed by atoms with van der Waals surface area (Å²) in [4.78, 5) is 22.4. The number of unbranched alkanes of at least 4 members (excludes halogenated alkanes) is 9. The van der Waals surface area contributed by atoms with Gasteiger partial charge in [-0.05, 0) is 19.3 Å². The molecule has 0 radical (unpaired) electrons. The van der Waals surface area contributed by atoms with Gasteiger partial charge in [0.15, 0.2) is 6.10 Å². The van der Waals surface area contributed by atoms with Crippen LogP contribution < -0.4 is 0 Å². The SMILES string of the molecule is CCCCCCCCCCCCC(OC(=O)CCC)C(=O)O. The topological polar surface area (TPSA) is 63.6 Å². The standard InChI is InChI=1S/C18H34O4/c1-3-5-6-7-8-9-10-11-12-13-15-16(18(20)21)22-17(19)14-4-2/h16H,3-15H2,1-2H3,(H,20,21). The molecule has 1 N–H and O–H groups in total. The Morgan fingerprint density at radius 3 is 1.77 bits per heavy atom. The van der Waals surface area contributed by atoms with E-state index in [4.69, 9.17) is 9.84 Å². The number of esters is 1. The Morgan fingerprint density at radius 1 is 0.818 bits per heavy atom. The molecule has 0 fully saturated rings. The molecule has 0 aromatic heterocycles. The van der Waals surface area contributed by atoms with Crippen molar-refractivity contribution >= 4 is 11.9 Å². The Bertz CT molecular complexity index is 289. The van der Waals surface area contributed by atoms with E-state index >= 15 is 0 Å². The minimum absolute atomic E-state index is 0.293. The van der Waals surface area contributed by atoms with E-state index in [0.29, 0.717) is 19.3 Å². The summed E-state index contributed by atoms with van der Waals surface area (Å²) in [5.74, 6) is -1.43. The predicted octanol–water partition coefficient (Wildman–Crippen LogP) is 5.09. The van der Waals surface area contributed by atoms with Gasteiger partial charge in [0.05, 0.1) is 0 Å². The first-order valence-electron chi connectivity index (χ1n) is 9.04. The van der Waals surface area contributed by atoms with E-state index in [1.165, 1.54) is 44.9 Å². The zero-order chi connectivity index (χ0) is 16.6. The Kier molecular flexibility index (Phi) is 14.1. The maximum absolute atomic E-state index is 11.4. The average Bonchev–Trinajstić information content (AvgIpc) is 2.48. The summed E-state index contributed by atoms with van der Waals surface area (Å²) >= 11 is 0. The number of carboxylic acid groups (broad SMARTS) is 1. The Balaban J connectivity index is 3.56. The van der Waals surface area contributed by atoms with Gasteiger partial charge in [-0.25, -0.2) is 4.79 Å². The van der Waals surface area contributed by atoms with E-state index in [0.717, 1.165) is 19.3 Å². The van der Waals surface area contributed by atoms with Gasteiger partial charge in [0.2, 0.25) is 0 Å². The molecular weight excluding hydrogens is 280 g/mol. The van der Waals surface area contributed by atoms with Gasteiger partial charge < -0.3 is 9.84 Å². The highest BCUT2D eigenvalue weighted by Gasteiger charge is 2.21. The lowest BCUT2D eigenvalue weighted by Crippen LogP contribution is -2.26. The summed E-state index contributed by atoms with van der Waals surface area (Å²) in [6, 6.07) is 0. The number of aliphatic carboxylic acids is 1. The van der Waals surface area contributed by atoms with Gasteiger partial charge in [-0.1, -0.05) is 71.6 Å². The largest absolute Gasteiger partial charge is 0.479 e. The molecular formula is C18H34O4. The minimum Gasteiger partial charge on any atom is -0.479 e. The maximum Gasteiger partial charge on any atom is 0.345 e. The van der Waals surface area contributed by atoms with Gasteiger partial charge in [0.25, 0.3) is 0 Å². The molecule has 0 aliphatic rings. The average molecular weight is 314 g/mol. The van der Waals surface area contributed by atoms with Crippen LogP contribution in [0.2, 0.25) is 0 Å². The van der Waals surface area contributed by atoms with Crippen molar-refractivity contribution in [1.29, 1.82) is 0 Å². The second-order valence-corrected chi connectivity index (χ2v) is 6.04. The molecule has 0 amide bonds. The highest BCUT2D eigenvalue weighted by molar-refractivity contribution is 5.77. The van der Waals surface area contributed by atoms with E-state index in [9.17, 15) is 9.59 Å². The molecule has 4 nitrogen and oxygen atoms in total. The first-order valence-corrected chi connectivity index (χ1v) is 9.04. The quantitative estimate of drug-likeness (QED) is 0.337. The predicted molar refractivity (Wildman–Crippen MR) is 88.9 cm³/mol. The van der Waals surface area contributed by atoms with Crippen LogP contribution in [0.5, 0.6) is 0 Å². The smallest absolute Gasteiger partial charge is 0.345 e. The van der Waals surface area contributed by atoms with Crippen LogP contribution >= 0.6 is 0 Å². The third-order valence-electron chi connectivity index (χ3n) is 3.82. The van der Waals surface area contributed by atoms with E-state index in [1.54, 1.807) is 0 Å². The molecule has 0 aliphatic heterocycles. The zero-order valence-electron chi connectivity index (χ0n) is 14.4. The molecule has 0 rings (SSSR count). The van der Waals surface area contributed by atoms with Gasteiger partial charge >= 0.3 is 11.9 Å². The number of carbonyl (C=O) groups excluding carboxylic acids is 1. The molecule has 0 aromatic rings. The highest BCUT2D eigenvalue weighted by Crippen LogP contribution is 2.13. The van der Waals surface area contributed by atoms with Crippen LogP contribution in [0.25, 0.3) is 0 Å². The molecule has 0 aliphatic carbocycles. The number of hydrogen-bond acceptors (Lipinski definition) is 3. The van der Waals surface area contributed by atoms with Gasteiger partial charge in [0.1, 0.15) is 0 Å². The molecule has 1 atom stereocenters. The molecule has 22 heavy (non-hydrogen) atoms. The van der Waals surface area contributed by atoms with Gasteiger partial charge in [-0.2, -0.15) is 0 Å². The maximum atomic E-state index is 11.4. The van der Waals surface area contributed by atoms with Crippen LogP contribution in [0.1, 0.15) is 97.3 Å². The van der Waals surface area contributed by atoms with E-state index in [2.05, 4.69) is 6.92 Å². The van der Waals surface area contributed by atoms with E-state index < -0.39 is 18.0 Å². The lowest BCUT2D eigenvalue weighted by molar-refractivity contribution is -0.164. The third kappa shape index (κ3) is 12.7. The number of ether oxygens (including phenoxy) is 1. The van der Waals surface area contributed by atoms with Crippen LogP contribution in [0, 0.1) is 0 Å². The van der Waals surface area contributed by atoms with Crippen molar-refractivity contribution < 1.29 is 19.4 Å². The lowest BCUT2D eigenvalue weighted by atomic mass is 10.0. The fraction of sp³-hybridized carbons (Fsp3) is 0.889. The van der Waals surface area contributed by atoms with E-state index in [1.807, 2.05) is 6.92 Å². The number of carboxylic acids is 1. The molecule has 130 valence electrons. The second kappa shape index (κ2) is 14.9. The lowest BCUT2D eigenvalue weighted by Gasteiger charge is -2.13. The fourth-order valence-corrected chi connectivity index (χ4v) is 2.47. The molecule has 0 saturated carbocycles. The van der Waals surface area contributed by atoms with Crippen molar-refractivity contribution in [3.63, 3.8) is 0 Å². The van der Waals surface area contributed by atoms with Crippen molar-refractivity contribution in [2.24, 2.45) is 0 Å². The van der Waals surface area contributed by atoms with E-state index in [-0.39, 0.29) is 0 Å². The normalized spacial score (nSPS) is 12.1. The Morgan fingerprint density at radius 2 is 1.32 bits per heavy atom. The molecule has 4 heteroatoms. The van der Waals surface area contributed by atoms with Crippen molar-refractivity contribution in [1.82, 2.24) is 0 Å². The minimum atomic E-state index is -1.03. The van der Waals surface area contributed by atoms with Crippen molar-refractivity contribution in [2.45, 2.75) is 103 Å². The van der Waals surface area contributed by atoms with Crippen LogP contribution in [0.3, 0.4) is 0 Å². The van der Waals surface area contributed by atoms with Crippen molar-refractivity contribution in [3.05, 3.63) is 0 Å². The van der Waals surface area contributed by atoms with Crippen LogP contribution in [0.4, 0.5) is 0 Å². The second-order valence-electron chi connectivity index (χ2n) is 6.04. The summed E-state index contributed by atoms with van der Waals surface area (Å²) in [5, 5.41) is 9.06. The van der Waals surface area contributed by atoms with Gasteiger partial charge in [-0.15, -0.1) is 0 Å². The molecule has 1 unspecified atom stereocenters. The molecule has 0 aromatic carbocycles. The third-order valence-corrected chi connectivity index (χ3v) is 3.82. The first-order chi connectivity index (χ1) is 10.6. The van der Waals surface area contributed by atoms with Gasteiger partial charge in [0, 0.05) is 6.42 Å². The van der Waals surface area contributed by atoms with Gasteiger partial charge in [-0.3, -0.25) is 4.79 Å². The number of rotatable bonds is 15. The fourth-order valence-electron chi connectivity index (χ4n) is 2.47. The summed E-state index contributed by atoms with van der Waals surface area (Å²) in [7, 11) is 0.